The average Bonchev–Trinajstić information content (AvgIpc) is 3.52. The van der Waals surface area contributed by atoms with Gasteiger partial charge in [-0.05, 0) is 78.4 Å². The van der Waals surface area contributed by atoms with E-state index in [4.69, 9.17) is 16.6 Å². The fourth-order valence-corrected chi connectivity index (χ4v) is 6.96. The fourth-order valence-electron chi connectivity index (χ4n) is 4.73. The Hall–Kier alpha value is -3.46. The Morgan fingerprint density at radius 2 is 1.89 bits per heavy atom. The maximum Gasteiger partial charge on any atom is 0.267 e. The largest absolute Gasteiger partial charge is 0.272 e. The van der Waals surface area contributed by atoms with E-state index in [1.807, 2.05) is 37.3 Å². The summed E-state index contributed by atoms with van der Waals surface area (Å²) in [6.45, 7) is 1.86. The van der Waals surface area contributed by atoms with E-state index in [-0.39, 0.29) is 17.2 Å². The van der Waals surface area contributed by atoms with Crippen molar-refractivity contribution in [1.82, 2.24) is 15.0 Å². The second-order valence-electron chi connectivity index (χ2n) is 9.13. The lowest BCUT2D eigenvalue weighted by Crippen LogP contribution is -2.24. The number of aryl methyl sites for hydroxylation is 2. The van der Waals surface area contributed by atoms with Gasteiger partial charge in [0.05, 0.1) is 22.5 Å². The van der Waals surface area contributed by atoms with Gasteiger partial charge in [0.25, 0.3) is 11.5 Å². The molecule has 0 atom stereocenters. The van der Waals surface area contributed by atoms with Crippen LogP contribution in [0.3, 0.4) is 0 Å². The molecule has 2 aromatic heterocycles. The number of nitrogens with one attached hydrogen (secondary N) is 1. The minimum absolute atomic E-state index is 0.0606. The number of hydrogen-bond donors (Lipinski definition) is 1. The third kappa shape index (κ3) is 4.75. The van der Waals surface area contributed by atoms with E-state index in [0.29, 0.717) is 27.0 Å². The topological polar surface area (TPSA) is 76.3 Å². The van der Waals surface area contributed by atoms with Crippen molar-refractivity contribution in [2.45, 2.75) is 31.3 Å². The zero-order chi connectivity index (χ0) is 26.2. The first kappa shape index (κ1) is 24.9. The number of fused-ring (bicyclic) bond motifs is 4. The number of carbonyl (C=O) groups excluding carboxylic acids is 1. The number of nitrogens with zero attached hydrogens (tertiary/aromatic N) is 3. The Morgan fingerprint density at radius 1 is 1.11 bits per heavy atom. The van der Waals surface area contributed by atoms with E-state index in [2.05, 4.69) is 22.7 Å². The normalized spacial score (nSPS) is 13.3. The van der Waals surface area contributed by atoms with E-state index in [1.54, 1.807) is 40.2 Å². The van der Waals surface area contributed by atoms with Crippen molar-refractivity contribution < 1.29 is 4.79 Å². The number of rotatable bonds is 6. The molecule has 38 heavy (non-hydrogen) atoms. The van der Waals surface area contributed by atoms with Crippen LogP contribution >= 0.6 is 34.7 Å². The van der Waals surface area contributed by atoms with Crippen molar-refractivity contribution in [1.29, 1.82) is 0 Å². The lowest BCUT2D eigenvalue weighted by Gasteiger charge is -2.12. The maximum absolute atomic E-state index is 13.7. The summed E-state index contributed by atoms with van der Waals surface area (Å²) in [5, 5.41) is 8.32. The van der Waals surface area contributed by atoms with Gasteiger partial charge in [-0.3, -0.25) is 14.2 Å². The zero-order valence-electron chi connectivity index (χ0n) is 20.5. The zero-order valence-corrected chi connectivity index (χ0v) is 22.9. The Bertz CT molecular complexity index is 1790. The highest BCUT2D eigenvalue weighted by atomic mass is 35.5. The highest BCUT2D eigenvalue weighted by molar-refractivity contribution is 7.99. The van der Waals surface area contributed by atoms with Crippen LogP contribution < -0.4 is 11.0 Å². The first-order chi connectivity index (χ1) is 18.5. The molecule has 0 spiro atoms. The van der Waals surface area contributed by atoms with Gasteiger partial charge in [0.15, 0.2) is 5.16 Å². The number of aromatic nitrogens is 2. The predicted molar refractivity (Wildman–Crippen MR) is 157 cm³/mol. The highest BCUT2D eigenvalue weighted by Crippen LogP contribution is 2.36. The summed E-state index contributed by atoms with van der Waals surface area (Å²) in [5.41, 5.74) is 5.97. The molecular formula is C29H23ClN4O2S2. The van der Waals surface area contributed by atoms with Gasteiger partial charge < -0.3 is 0 Å². The molecule has 0 saturated carbocycles. The smallest absolute Gasteiger partial charge is 0.267 e. The molecule has 1 aliphatic rings. The molecule has 5 aromatic rings. The molecular weight excluding hydrogens is 536 g/mol. The first-order valence-electron chi connectivity index (χ1n) is 12.3. The summed E-state index contributed by atoms with van der Waals surface area (Å²) in [7, 11) is 0. The Kier molecular flexibility index (Phi) is 6.78. The number of hydrogen-bond acceptors (Lipinski definition) is 6. The van der Waals surface area contributed by atoms with Gasteiger partial charge in [-0.2, -0.15) is 5.10 Å². The van der Waals surface area contributed by atoms with Crippen molar-refractivity contribution >= 4 is 67.3 Å². The summed E-state index contributed by atoms with van der Waals surface area (Å²) in [5.74, 6) is -0.216. The molecule has 1 N–H and O–H groups in total. The van der Waals surface area contributed by atoms with Gasteiger partial charge >= 0.3 is 0 Å². The third-order valence-corrected chi connectivity index (χ3v) is 9.02. The fraction of sp³-hybridized carbons (Fsp3) is 0.172. The molecule has 0 bridgehead atoms. The van der Waals surface area contributed by atoms with Crippen LogP contribution in [-0.4, -0.2) is 26.9 Å². The van der Waals surface area contributed by atoms with Gasteiger partial charge in [-0.1, -0.05) is 59.8 Å². The maximum atomic E-state index is 13.7. The van der Waals surface area contributed by atoms with Crippen LogP contribution in [0.25, 0.3) is 26.7 Å². The van der Waals surface area contributed by atoms with Crippen molar-refractivity contribution in [3.63, 3.8) is 0 Å². The number of amides is 1. The number of benzene rings is 3. The molecule has 6 rings (SSSR count). The molecule has 3 aromatic carbocycles. The molecule has 1 amide bonds. The van der Waals surface area contributed by atoms with E-state index in [9.17, 15) is 9.59 Å². The van der Waals surface area contributed by atoms with Crippen LogP contribution in [0.15, 0.2) is 81.8 Å². The minimum Gasteiger partial charge on any atom is -0.272 e. The molecule has 0 aliphatic heterocycles. The molecule has 2 heterocycles. The standard InChI is InChI=1S/C29H23ClN4O2S2/c1-17(19-10-9-18-5-2-3-6-20(18)15-19)32-33-25(35)16-37-29-31-27-26(23-7-4-8-24(23)38-27)28(36)34(29)22-13-11-21(30)12-14-22/h2-3,5-6,9-15H,4,7-8,16H2,1H3,(H,33,35). The molecule has 190 valence electrons. The van der Waals surface area contributed by atoms with Gasteiger partial charge in [0.1, 0.15) is 4.83 Å². The van der Waals surface area contributed by atoms with Crippen molar-refractivity contribution in [2.75, 3.05) is 5.75 Å². The molecule has 0 saturated heterocycles. The first-order valence-corrected chi connectivity index (χ1v) is 14.4. The SMILES string of the molecule is CC(=NNC(=O)CSc1nc2sc3c(c2c(=O)n1-c1ccc(Cl)cc1)CCC3)c1ccc2ccccc2c1. The van der Waals surface area contributed by atoms with Crippen LogP contribution in [0.2, 0.25) is 5.02 Å². The number of thioether (sulfide) groups is 1. The third-order valence-electron chi connectivity index (χ3n) is 6.64. The van der Waals surface area contributed by atoms with Crippen LogP contribution in [0.5, 0.6) is 0 Å². The molecule has 1 aliphatic carbocycles. The van der Waals surface area contributed by atoms with Crippen LogP contribution in [-0.2, 0) is 17.6 Å². The summed E-state index contributed by atoms with van der Waals surface area (Å²) >= 11 is 8.90. The molecule has 9 heteroatoms. The van der Waals surface area contributed by atoms with Gasteiger partial charge in [0, 0.05) is 9.90 Å². The van der Waals surface area contributed by atoms with E-state index >= 15 is 0 Å². The van der Waals surface area contributed by atoms with Gasteiger partial charge in [-0.15, -0.1) is 11.3 Å². The summed E-state index contributed by atoms with van der Waals surface area (Å²) < 4.78 is 1.59. The Labute approximate surface area is 232 Å². The molecule has 0 fully saturated rings. The summed E-state index contributed by atoms with van der Waals surface area (Å²) in [4.78, 5) is 33.3. The molecule has 6 nitrogen and oxygen atoms in total. The Balaban J connectivity index is 1.25. The predicted octanol–water partition coefficient (Wildman–Crippen LogP) is 6.38. The van der Waals surface area contributed by atoms with Crippen LogP contribution in [0.4, 0.5) is 0 Å². The second kappa shape index (κ2) is 10.4. The van der Waals surface area contributed by atoms with Gasteiger partial charge in [-0.25, -0.2) is 10.4 Å². The Morgan fingerprint density at radius 3 is 2.71 bits per heavy atom. The number of hydrazone groups is 1. The number of thiophene rings is 1. The van der Waals surface area contributed by atoms with Gasteiger partial charge in [0.2, 0.25) is 0 Å². The van der Waals surface area contributed by atoms with Crippen molar-refractivity contribution in [3.05, 3.63) is 98.1 Å². The second-order valence-corrected chi connectivity index (χ2v) is 11.6. The van der Waals surface area contributed by atoms with E-state index in [0.717, 1.165) is 46.0 Å². The highest BCUT2D eigenvalue weighted by Gasteiger charge is 2.24. The molecule has 0 radical (unpaired) electrons. The van der Waals surface area contributed by atoms with Crippen molar-refractivity contribution in [3.8, 4) is 5.69 Å². The monoisotopic (exact) mass is 558 g/mol. The summed E-state index contributed by atoms with van der Waals surface area (Å²) in [6, 6.07) is 21.3. The van der Waals surface area contributed by atoms with Crippen molar-refractivity contribution in [2.24, 2.45) is 5.10 Å². The number of carbonyl (C=O) groups is 1. The minimum atomic E-state index is -0.277. The van der Waals surface area contributed by atoms with Crippen LogP contribution in [0.1, 0.15) is 29.3 Å². The molecule has 0 unspecified atom stereocenters. The quantitative estimate of drug-likeness (QED) is 0.114. The summed E-state index contributed by atoms with van der Waals surface area (Å²) in [6.07, 6.45) is 2.94. The van der Waals surface area contributed by atoms with Crippen LogP contribution in [0, 0.1) is 0 Å². The lowest BCUT2D eigenvalue weighted by atomic mass is 10.0. The van der Waals surface area contributed by atoms with E-state index < -0.39 is 0 Å². The average molecular weight is 559 g/mol. The number of halogens is 1. The lowest BCUT2D eigenvalue weighted by molar-refractivity contribution is -0.118. The van der Waals surface area contributed by atoms with E-state index in [1.165, 1.54) is 16.6 Å².